The maximum atomic E-state index is 12.2. The zero-order chi connectivity index (χ0) is 16.2. The molecule has 2 heterocycles. The summed E-state index contributed by atoms with van der Waals surface area (Å²) in [5.74, 6) is 0.595. The summed E-state index contributed by atoms with van der Waals surface area (Å²) in [6.07, 6.45) is 6.55. The van der Waals surface area contributed by atoms with E-state index in [9.17, 15) is 9.59 Å². The predicted molar refractivity (Wildman–Crippen MR) is 83.9 cm³/mol. The number of rotatable bonds is 6. The van der Waals surface area contributed by atoms with Gasteiger partial charge in [-0.05, 0) is 44.6 Å². The van der Waals surface area contributed by atoms with Gasteiger partial charge in [0.2, 0.25) is 5.91 Å². The maximum absolute atomic E-state index is 12.2. The summed E-state index contributed by atoms with van der Waals surface area (Å²) in [5.41, 5.74) is 0.578. The van der Waals surface area contributed by atoms with E-state index in [1.165, 1.54) is 25.4 Å². The van der Waals surface area contributed by atoms with Crippen LogP contribution in [0.4, 0.5) is 0 Å². The lowest BCUT2D eigenvalue weighted by molar-refractivity contribution is -0.133. The number of ether oxygens (including phenoxy) is 1. The second-order valence-electron chi connectivity index (χ2n) is 6.51. The molecule has 2 amide bonds. The molecule has 1 saturated heterocycles. The van der Waals surface area contributed by atoms with Gasteiger partial charge in [-0.3, -0.25) is 9.59 Å². The van der Waals surface area contributed by atoms with Crippen molar-refractivity contribution in [2.24, 2.45) is 5.92 Å². The number of piperidine rings is 1. The van der Waals surface area contributed by atoms with Gasteiger partial charge in [0.1, 0.15) is 12.4 Å². The van der Waals surface area contributed by atoms with Gasteiger partial charge in [0.25, 0.3) is 5.91 Å². The zero-order valence-electron chi connectivity index (χ0n) is 13.5. The Morgan fingerprint density at radius 3 is 2.70 bits per heavy atom. The average Bonchev–Trinajstić information content (AvgIpc) is 3.23. The molecule has 1 aromatic heterocycles. The van der Waals surface area contributed by atoms with Crippen molar-refractivity contribution in [1.82, 2.24) is 10.2 Å². The van der Waals surface area contributed by atoms with Gasteiger partial charge in [-0.2, -0.15) is 0 Å². The van der Waals surface area contributed by atoms with Crippen LogP contribution in [0.3, 0.4) is 0 Å². The van der Waals surface area contributed by atoms with Gasteiger partial charge < -0.3 is 19.4 Å². The molecule has 126 valence electrons. The molecule has 0 spiro atoms. The van der Waals surface area contributed by atoms with E-state index in [1.807, 2.05) is 0 Å². The minimum atomic E-state index is -0.402. The first-order valence-electron chi connectivity index (χ1n) is 8.37. The molecule has 1 saturated carbocycles. The van der Waals surface area contributed by atoms with E-state index in [2.05, 4.69) is 5.32 Å². The number of hydrogen-bond acceptors (Lipinski definition) is 4. The Bertz CT molecular complexity index is 531. The van der Waals surface area contributed by atoms with E-state index in [0.717, 1.165) is 12.8 Å². The summed E-state index contributed by atoms with van der Waals surface area (Å²) in [5, 5.41) is 3.04. The Morgan fingerprint density at radius 2 is 2.09 bits per heavy atom. The quantitative estimate of drug-likeness (QED) is 0.868. The average molecular weight is 320 g/mol. The highest BCUT2D eigenvalue weighted by Gasteiger charge is 2.27. The maximum Gasteiger partial charge on any atom is 0.257 e. The molecule has 1 N–H and O–H groups in total. The highest BCUT2D eigenvalue weighted by Crippen LogP contribution is 2.29. The second-order valence-corrected chi connectivity index (χ2v) is 6.51. The lowest BCUT2D eigenvalue weighted by atomic mass is 10.0. The van der Waals surface area contributed by atoms with Crippen molar-refractivity contribution < 1.29 is 18.7 Å². The third-order valence-electron chi connectivity index (χ3n) is 4.54. The first kappa shape index (κ1) is 16.1. The molecule has 2 aliphatic rings. The standard InChI is InChI=1S/C17H24N2O4/c1-12(23-10-13-2-3-13)16(20)18-15-4-7-19(8-5-15)17(21)14-6-9-22-11-14/h6,9,11-13,15H,2-5,7-8,10H2,1H3,(H,18,20). The van der Waals surface area contributed by atoms with Crippen LogP contribution < -0.4 is 5.32 Å². The Hall–Kier alpha value is -1.82. The predicted octanol–water partition coefficient (Wildman–Crippen LogP) is 1.82. The van der Waals surface area contributed by atoms with Crippen LogP contribution >= 0.6 is 0 Å². The normalized spacial score (nSPS) is 20.3. The van der Waals surface area contributed by atoms with Gasteiger partial charge in [0.05, 0.1) is 18.4 Å². The van der Waals surface area contributed by atoms with E-state index in [-0.39, 0.29) is 17.9 Å². The molecule has 0 aromatic carbocycles. The molecule has 23 heavy (non-hydrogen) atoms. The molecule has 1 unspecified atom stereocenters. The third kappa shape index (κ3) is 4.34. The van der Waals surface area contributed by atoms with Crippen LogP contribution in [0.15, 0.2) is 23.0 Å². The fourth-order valence-electron chi connectivity index (χ4n) is 2.75. The van der Waals surface area contributed by atoms with Gasteiger partial charge in [-0.25, -0.2) is 0 Å². The Morgan fingerprint density at radius 1 is 1.35 bits per heavy atom. The van der Waals surface area contributed by atoms with Crippen molar-refractivity contribution in [3.8, 4) is 0 Å². The van der Waals surface area contributed by atoms with Crippen LogP contribution in [0.5, 0.6) is 0 Å². The highest BCUT2D eigenvalue weighted by atomic mass is 16.5. The molecule has 6 heteroatoms. The molecule has 3 rings (SSSR count). The fourth-order valence-corrected chi connectivity index (χ4v) is 2.75. The topological polar surface area (TPSA) is 71.8 Å². The molecular formula is C17H24N2O4. The number of amides is 2. The number of nitrogens with one attached hydrogen (secondary N) is 1. The summed E-state index contributed by atoms with van der Waals surface area (Å²) in [6, 6.07) is 1.79. The van der Waals surface area contributed by atoms with Crippen LogP contribution in [0.1, 0.15) is 43.0 Å². The number of nitrogens with zero attached hydrogens (tertiary/aromatic N) is 1. The number of carbonyl (C=O) groups excluding carboxylic acids is 2. The van der Waals surface area contributed by atoms with Crippen molar-refractivity contribution in [3.63, 3.8) is 0 Å². The van der Waals surface area contributed by atoms with Gasteiger partial charge >= 0.3 is 0 Å². The molecule has 0 bridgehead atoms. The van der Waals surface area contributed by atoms with Gasteiger partial charge in [0.15, 0.2) is 0 Å². The van der Waals surface area contributed by atoms with Crippen molar-refractivity contribution in [2.75, 3.05) is 19.7 Å². The summed E-state index contributed by atoms with van der Waals surface area (Å²) in [7, 11) is 0. The summed E-state index contributed by atoms with van der Waals surface area (Å²) in [6.45, 7) is 3.78. The highest BCUT2D eigenvalue weighted by molar-refractivity contribution is 5.93. The monoisotopic (exact) mass is 320 g/mol. The molecular weight excluding hydrogens is 296 g/mol. The smallest absolute Gasteiger partial charge is 0.257 e. The largest absolute Gasteiger partial charge is 0.472 e. The Labute approximate surface area is 136 Å². The first-order chi connectivity index (χ1) is 11.1. The molecule has 1 atom stereocenters. The van der Waals surface area contributed by atoms with Crippen LogP contribution in [-0.2, 0) is 9.53 Å². The van der Waals surface area contributed by atoms with Crippen LogP contribution in [0, 0.1) is 5.92 Å². The minimum absolute atomic E-state index is 0.00957. The zero-order valence-corrected chi connectivity index (χ0v) is 13.5. The van der Waals surface area contributed by atoms with Crippen LogP contribution in [-0.4, -0.2) is 48.6 Å². The number of hydrogen-bond donors (Lipinski definition) is 1. The van der Waals surface area contributed by atoms with E-state index >= 15 is 0 Å². The molecule has 1 aromatic rings. The molecule has 0 radical (unpaired) electrons. The molecule has 6 nitrogen and oxygen atoms in total. The summed E-state index contributed by atoms with van der Waals surface area (Å²) >= 11 is 0. The molecule has 1 aliphatic heterocycles. The van der Waals surface area contributed by atoms with Crippen molar-refractivity contribution in [3.05, 3.63) is 24.2 Å². The summed E-state index contributed by atoms with van der Waals surface area (Å²) < 4.78 is 10.5. The number of likely N-dealkylation sites (tertiary alicyclic amines) is 1. The van der Waals surface area contributed by atoms with Crippen molar-refractivity contribution in [2.45, 2.75) is 44.8 Å². The third-order valence-corrected chi connectivity index (χ3v) is 4.54. The SMILES string of the molecule is CC(OCC1CC1)C(=O)NC1CCN(C(=O)c2ccoc2)CC1. The Balaban J connectivity index is 1.39. The number of carbonyl (C=O) groups is 2. The first-order valence-corrected chi connectivity index (χ1v) is 8.37. The lowest BCUT2D eigenvalue weighted by Gasteiger charge is -2.32. The minimum Gasteiger partial charge on any atom is -0.472 e. The van der Waals surface area contributed by atoms with Crippen molar-refractivity contribution in [1.29, 1.82) is 0 Å². The van der Waals surface area contributed by atoms with E-state index in [4.69, 9.17) is 9.15 Å². The molecule has 2 fully saturated rings. The molecule has 1 aliphatic carbocycles. The second kappa shape index (κ2) is 7.17. The van der Waals surface area contributed by atoms with E-state index < -0.39 is 6.10 Å². The van der Waals surface area contributed by atoms with Gasteiger partial charge in [-0.1, -0.05) is 0 Å². The van der Waals surface area contributed by atoms with E-state index in [1.54, 1.807) is 17.9 Å². The van der Waals surface area contributed by atoms with Crippen LogP contribution in [0.2, 0.25) is 0 Å². The van der Waals surface area contributed by atoms with E-state index in [0.29, 0.717) is 31.2 Å². The van der Waals surface area contributed by atoms with Crippen LogP contribution in [0.25, 0.3) is 0 Å². The van der Waals surface area contributed by atoms with Gasteiger partial charge in [-0.15, -0.1) is 0 Å². The summed E-state index contributed by atoms with van der Waals surface area (Å²) in [4.78, 5) is 26.1. The lowest BCUT2D eigenvalue weighted by Crippen LogP contribution is -2.48. The number of furan rings is 1. The fraction of sp³-hybridized carbons (Fsp3) is 0.647. The van der Waals surface area contributed by atoms with Gasteiger partial charge in [0, 0.05) is 19.1 Å². The Kier molecular flexibility index (Phi) is 5.00. The van der Waals surface area contributed by atoms with Crippen molar-refractivity contribution >= 4 is 11.8 Å².